The Morgan fingerprint density at radius 1 is 1.20 bits per heavy atom. The molecule has 0 radical (unpaired) electrons. The number of rotatable bonds is 5. The van der Waals surface area contributed by atoms with E-state index in [1.165, 1.54) is 5.56 Å². The number of ether oxygens (including phenoxy) is 1. The van der Waals surface area contributed by atoms with E-state index in [-0.39, 0.29) is 0 Å². The molecule has 1 fully saturated rings. The second-order valence-electron chi connectivity index (χ2n) is 5.42. The second kappa shape index (κ2) is 6.99. The van der Waals surface area contributed by atoms with Crippen molar-refractivity contribution in [1.82, 2.24) is 15.3 Å². The van der Waals surface area contributed by atoms with Crippen molar-refractivity contribution in [3.8, 4) is 0 Å². The number of nitrogens with one attached hydrogen (secondary N) is 1. The van der Waals surface area contributed by atoms with Gasteiger partial charge in [0.2, 0.25) is 5.95 Å². The molecule has 1 saturated heterocycles. The van der Waals surface area contributed by atoms with Gasteiger partial charge in [-0.3, -0.25) is 0 Å². The van der Waals surface area contributed by atoms with Crippen LogP contribution in [0.2, 0.25) is 0 Å². The van der Waals surface area contributed by atoms with Gasteiger partial charge in [-0.1, -0.05) is 13.8 Å². The Labute approximate surface area is 121 Å². The Kier molecular flexibility index (Phi) is 5.31. The molecule has 0 amide bonds. The van der Waals surface area contributed by atoms with Gasteiger partial charge in [0.25, 0.3) is 0 Å². The van der Waals surface area contributed by atoms with Crippen LogP contribution in [0.1, 0.15) is 36.7 Å². The van der Waals surface area contributed by atoms with E-state index in [0.717, 1.165) is 56.7 Å². The molecule has 1 atom stereocenters. The molecule has 0 saturated carbocycles. The van der Waals surface area contributed by atoms with Gasteiger partial charge < -0.3 is 15.0 Å². The molecular weight excluding hydrogens is 252 g/mol. The first-order valence-corrected chi connectivity index (χ1v) is 7.52. The van der Waals surface area contributed by atoms with Crippen molar-refractivity contribution in [3.05, 3.63) is 17.0 Å². The maximum atomic E-state index is 5.38. The van der Waals surface area contributed by atoms with Gasteiger partial charge in [0.15, 0.2) is 0 Å². The molecule has 1 aromatic heterocycles. The molecule has 2 rings (SSSR count). The fraction of sp³-hybridized carbons (Fsp3) is 0.733. The summed E-state index contributed by atoms with van der Waals surface area (Å²) >= 11 is 0. The van der Waals surface area contributed by atoms with Crippen LogP contribution in [0.4, 0.5) is 5.95 Å². The minimum Gasteiger partial charge on any atom is -0.378 e. The topological polar surface area (TPSA) is 50.3 Å². The molecule has 1 aliphatic heterocycles. The molecule has 1 aromatic rings. The summed E-state index contributed by atoms with van der Waals surface area (Å²) < 4.78 is 5.38. The largest absolute Gasteiger partial charge is 0.378 e. The minimum atomic E-state index is 0.439. The summed E-state index contributed by atoms with van der Waals surface area (Å²) in [7, 11) is 0. The van der Waals surface area contributed by atoms with Crippen LogP contribution in [-0.4, -0.2) is 49.4 Å². The van der Waals surface area contributed by atoms with E-state index in [2.05, 4.69) is 37.9 Å². The molecule has 20 heavy (non-hydrogen) atoms. The van der Waals surface area contributed by atoms with Crippen molar-refractivity contribution in [2.24, 2.45) is 0 Å². The maximum Gasteiger partial charge on any atom is 0.225 e. The summed E-state index contributed by atoms with van der Waals surface area (Å²) in [5, 5.41) is 3.40. The molecule has 0 bridgehead atoms. The molecule has 1 N–H and O–H groups in total. The lowest BCUT2D eigenvalue weighted by molar-refractivity contribution is 0.122. The Morgan fingerprint density at radius 2 is 1.80 bits per heavy atom. The van der Waals surface area contributed by atoms with Crippen molar-refractivity contribution in [2.45, 2.75) is 33.6 Å². The number of aromatic nitrogens is 2. The van der Waals surface area contributed by atoms with Crippen LogP contribution in [-0.2, 0) is 4.74 Å². The lowest BCUT2D eigenvalue weighted by atomic mass is 9.98. The van der Waals surface area contributed by atoms with Gasteiger partial charge in [0, 0.05) is 31.0 Å². The third-order valence-electron chi connectivity index (χ3n) is 3.80. The molecule has 2 heterocycles. The van der Waals surface area contributed by atoms with Gasteiger partial charge in [-0.15, -0.1) is 0 Å². The van der Waals surface area contributed by atoms with Gasteiger partial charge >= 0.3 is 0 Å². The van der Waals surface area contributed by atoms with E-state index in [0.29, 0.717) is 5.92 Å². The average Bonchev–Trinajstić information content (AvgIpc) is 2.45. The summed E-state index contributed by atoms with van der Waals surface area (Å²) in [4.78, 5) is 11.6. The number of anilines is 1. The number of morpholine rings is 1. The van der Waals surface area contributed by atoms with Crippen LogP contribution in [0, 0.1) is 13.8 Å². The van der Waals surface area contributed by atoms with E-state index < -0.39 is 0 Å². The number of likely N-dealkylation sites (N-methyl/N-ethyl adjacent to an activating group) is 1. The highest BCUT2D eigenvalue weighted by molar-refractivity contribution is 5.38. The molecule has 5 nitrogen and oxygen atoms in total. The van der Waals surface area contributed by atoms with Crippen LogP contribution >= 0.6 is 0 Å². The third kappa shape index (κ3) is 3.46. The number of hydrogen-bond acceptors (Lipinski definition) is 5. The predicted molar refractivity (Wildman–Crippen MR) is 81.5 cm³/mol. The summed E-state index contributed by atoms with van der Waals surface area (Å²) in [6.07, 6.45) is 0. The lowest BCUT2D eigenvalue weighted by Crippen LogP contribution is -2.37. The Morgan fingerprint density at radius 3 is 2.35 bits per heavy atom. The highest BCUT2D eigenvalue weighted by atomic mass is 16.5. The van der Waals surface area contributed by atoms with Crippen LogP contribution in [0.25, 0.3) is 0 Å². The van der Waals surface area contributed by atoms with Crippen LogP contribution in [0.3, 0.4) is 0 Å². The standard InChI is InChI=1S/C15H26N4O/c1-5-16-10-11(2)14-12(3)17-15(18-13(14)4)19-6-8-20-9-7-19/h11,16H,5-10H2,1-4H3. The van der Waals surface area contributed by atoms with Gasteiger partial charge in [-0.25, -0.2) is 9.97 Å². The fourth-order valence-electron chi connectivity index (χ4n) is 2.79. The highest BCUT2D eigenvalue weighted by Crippen LogP contribution is 2.23. The van der Waals surface area contributed by atoms with E-state index in [9.17, 15) is 0 Å². The van der Waals surface area contributed by atoms with Crippen LogP contribution < -0.4 is 10.2 Å². The van der Waals surface area contributed by atoms with Gasteiger partial charge in [-0.2, -0.15) is 0 Å². The summed E-state index contributed by atoms with van der Waals surface area (Å²) in [5.74, 6) is 1.29. The van der Waals surface area contributed by atoms with Crippen LogP contribution in [0.15, 0.2) is 0 Å². The predicted octanol–water partition coefficient (Wildman–Crippen LogP) is 1.64. The monoisotopic (exact) mass is 278 g/mol. The molecule has 1 unspecified atom stereocenters. The number of hydrogen-bond donors (Lipinski definition) is 1. The maximum absolute atomic E-state index is 5.38. The Bertz CT molecular complexity index is 420. The summed E-state index contributed by atoms with van der Waals surface area (Å²) in [6, 6.07) is 0. The van der Waals surface area contributed by atoms with Gasteiger partial charge in [0.1, 0.15) is 0 Å². The first kappa shape index (κ1) is 15.2. The summed E-state index contributed by atoms with van der Waals surface area (Å²) in [5.41, 5.74) is 3.48. The van der Waals surface area contributed by atoms with Crippen molar-refractivity contribution in [1.29, 1.82) is 0 Å². The summed E-state index contributed by atoms with van der Waals surface area (Å²) in [6.45, 7) is 13.8. The van der Waals surface area contributed by atoms with E-state index in [1.807, 2.05) is 0 Å². The molecule has 1 aliphatic rings. The quantitative estimate of drug-likeness (QED) is 0.887. The smallest absolute Gasteiger partial charge is 0.225 e. The van der Waals surface area contributed by atoms with Crippen molar-refractivity contribution in [2.75, 3.05) is 44.3 Å². The number of nitrogens with zero attached hydrogens (tertiary/aromatic N) is 3. The van der Waals surface area contributed by atoms with E-state index >= 15 is 0 Å². The second-order valence-corrected chi connectivity index (χ2v) is 5.42. The normalized spacial score (nSPS) is 17.3. The third-order valence-corrected chi connectivity index (χ3v) is 3.80. The van der Waals surface area contributed by atoms with E-state index in [1.54, 1.807) is 0 Å². The minimum absolute atomic E-state index is 0.439. The molecule has 0 spiro atoms. The zero-order chi connectivity index (χ0) is 14.5. The van der Waals surface area contributed by atoms with Gasteiger partial charge in [-0.05, 0) is 31.9 Å². The molecular formula is C15H26N4O. The van der Waals surface area contributed by atoms with Crippen molar-refractivity contribution < 1.29 is 4.74 Å². The average molecular weight is 278 g/mol. The molecule has 0 aromatic carbocycles. The van der Waals surface area contributed by atoms with Crippen molar-refractivity contribution in [3.63, 3.8) is 0 Å². The number of aryl methyl sites for hydroxylation is 2. The Balaban J connectivity index is 2.19. The molecule has 0 aliphatic carbocycles. The SMILES string of the molecule is CCNCC(C)c1c(C)nc(N2CCOCC2)nc1C. The highest BCUT2D eigenvalue weighted by Gasteiger charge is 2.19. The zero-order valence-electron chi connectivity index (χ0n) is 13.1. The molecule has 5 heteroatoms. The first-order chi connectivity index (χ1) is 9.63. The first-order valence-electron chi connectivity index (χ1n) is 7.52. The molecule has 112 valence electrons. The zero-order valence-corrected chi connectivity index (χ0v) is 13.1. The van der Waals surface area contributed by atoms with E-state index in [4.69, 9.17) is 14.7 Å². The Hall–Kier alpha value is -1.20. The van der Waals surface area contributed by atoms with Gasteiger partial charge in [0.05, 0.1) is 13.2 Å². The fourth-order valence-corrected chi connectivity index (χ4v) is 2.79. The van der Waals surface area contributed by atoms with Crippen LogP contribution in [0.5, 0.6) is 0 Å². The lowest BCUT2D eigenvalue weighted by Gasteiger charge is -2.28. The van der Waals surface area contributed by atoms with Crippen molar-refractivity contribution >= 4 is 5.95 Å².